The van der Waals surface area contributed by atoms with Gasteiger partial charge in [-0.15, -0.1) is 11.3 Å². The van der Waals surface area contributed by atoms with Gasteiger partial charge in [-0.1, -0.05) is 24.3 Å². The molecular weight excluding hydrogens is 452 g/mol. The quantitative estimate of drug-likeness (QED) is 0.356. The molecule has 1 saturated heterocycles. The molecule has 2 N–H and O–H groups in total. The molecule has 4 rings (SSSR count). The van der Waals surface area contributed by atoms with E-state index in [2.05, 4.69) is 66.8 Å². The summed E-state index contributed by atoms with van der Waals surface area (Å²) in [5, 5.41) is 7.78. The zero-order valence-corrected chi connectivity index (χ0v) is 18.4. The fourth-order valence-electron chi connectivity index (χ4n) is 3.48. The van der Waals surface area contributed by atoms with Gasteiger partial charge < -0.3 is 15.5 Å². The van der Waals surface area contributed by atoms with Crippen LogP contribution in [0.5, 0.6) is 0 Å². The number of halogens is 1. The van der Waals surface area contributed by atoms with E-state index in [0.717, 1.165) is 39.8 Å². The maximum atomic E-state index is 5.70. The molecule has 7 heteroatoms. The van der Waals surface area contributed by atoms with Crippen molar-refractivity contribution in [3.8, 4) is 0 Å². The van der Waals surface area contributed by atoms with Crippen molar-refractivity contribution in [2.75, 3.05) is 18.4 Å². The van der Waals surface area contributed by atoms with Crippen molar-refractivity contribution in [3.05, 3.63) is 81.2 Å². The van der Waals surface area contributed by atoms with E-state index in [-0.39, 0.29) is 12.1 Å². The predicted octanol–water partition coefficient (Wildman–Crippen LogP) is 5.38. The molecule has 3 aromatic rings. The van der Waals surface area contributed by atoms with Gasteiger partial charge in [-0.25, -0.2) is 0 Å². The van der Waals surface area contributed by atoms with Crippen LogP contribution >= 0.6 is 39.5 Å². The van der Waals surface area contributed by atoms with E-state index in [0.29, 0.717) is 0 Å². The van der Waals surface area contributed by atoms with Gasteiger partial charge in [-0.05, 0) is 71.0 Å². The highest BCUT2D eigenvalue weighted by molar-refractivity contribution is 9.11. The second-order valence-corrected chi connectivity index (χ2v) is 9.49. The highest BCUT2D eigenvalue weighted by atomic mass is 79.9. The fourth-order valence-corrected chi connectivity index (χ4v) is 5.39. The Kier molecular flexibility index (Phi) is 6.24. The van der Waals surface area contributed by atoms with E-state index >= 15 is 0 Å². The van der Waals surface area contributed by atoms with Gasteiger partial charge in [-0.2, -0.15) is 0 Å². The number of aromatic nitrogens is 1. The number of anilines is 1. The van der Waals surface area contributed by atoms with E-state index in [1.807, 2.05) is 36.5 Å². The first-order valence-electron chi connectivity index (χ1n) is 9.24. The Morgan fingerprint density at radius 2 is 1.93 bits per heavy atom. The molecule has 0 spiro atoms. The van der Waals surface area contributed by atoms with Gasteiger partial charge in [0.15, 0.2) is 5.11 Å². The molecular formula is C21H21BrN4S2. The lowest BCUT2D eigenvalue weighted by Gasteiger charge is -2.27. The summed E-state index contributed by atoms with van der Waals surface area (Å²) in [7, 11) is 0. The molecule has 1 aromatic carbocycles. The van der Waals surface area contributed by atoms with Crippen LogP contribution in [0.1, 0.15) is 29.1 Å². The third-order valence-corrected chi connectivity index (χ3v) is 6.81. The molecule has 28 heavy (non-hydrogen) atoms. The van der Waals surface area contributed by atoms with Crippen LogP contribution in [0.15, 0.2) is 70.6 Å². The minimum Gasteiger partial charge on any atom is -0.385 e. The van der Waals surface area contributed by atoms with Crippen molar-refractivity contribution >= 4 is 50.3 Å². The number of nitrogens with zero attached hydrogens (tertiary/aromatic N) is 2. The van der Waals surface area contributed by atoms with Crippen molar-refractivity contribution in [2.24, 2.45) is 0 Å². The number of thiophene rings is 1. The number of benzene rings is 1. The first kappa shape index (κ1) is 19.4. The number of para-hydroxylation sites is 1. The van der Waals surface area contributed by atoms with Crippen LogP contribution in [0, 0.1) is 0 Å². The monoisotopic (exact) mass is 472 g/mol. The highest BCUT2D eigenvalue weighted by Crippen LogP contribution is 2.42. The number of hydrogen-bond acceptors (Lipinski definition) is 4. The topological polar surface area (TPSA) is 40.2 Å². The second-order valence-electron chi connectivity index (χ2n) is 6.61. The van der Waals surface area contributed by atoms with E-state index in [9.17, 15) is 0 Å². The second kappa shape index (κ2) is 9.03. The summed E-state index contributed by atoms with van der Waals surface area (Å²) in [5.74, 6) is 0. The molecule has 0 saturated carbocycles. The molecule has 3 heterocycles. The van der Waals surface area contributed by atoms with Crippen molar-refractivity contribution < 1.29 is 0 Å². The maximum absolute atomic E-state index is 5.70. The molecule has 4 nitrogen and oxygen atoms in total. The fraction of sp³-hybridized carbons (Fsp3) is 0.238. The first-order chi connectivity index (χ1) is 13.7. The Balaban J connectivity index is 1.48. The maximum Gasteiger partial charge on any atom is 0.170 e. The van der Waals surface area contributed by atoms with Crippen LogP contribution < -0.4 is 10.6 Å². The summed E-state index contributed by atoms with van der Waals surface area (Å²) in [6.45, 7) is 1.79. The lowest BCUT2D eigenvalue weighted by Crippen LogP contribution is -2.31. The molecule has 0 bridgehead atoms. The van der Waals surface area contributed by atoms with Gasteiger partial charge in [0.05, 0.1) is 21.6 Å². The number of nitrogens with one attached hydrogen (secondary N) is 2. The molecule has 1 fully saturated rings. The molecule has 0 radical (unpaired) electrons. The molecule has 0 aliphatic carbocycles. The average Bonchev–Trinajstić information content (AvgIpc) is 3.29. The van der Waals surface area contributed by atoms with Crippen LogP contribution in [0.4, 0.5) is 5.69 Å². The SMILES string of the molecule is S=C1N[C@@H](c2ccccn2)[C@@H](c2ccc(Br)s2)N1CCCNc1ccccc1. The van der Waals surface area contributed by atoms with Crippen LogP contribution in [0.25, 0.3) is 0 Å². The Bertz CT molecular complexity index is 916. The minimum atomic E-state index is 0.0568. The third-order valence-electron chi connectivity index (χ3n) is 4.76. The van der Waals surface area contributed by atoms with Crippen molar-refractivity contribution in [3.63, 3.8) is 0 Å². The number of hydrogen-bond donors (Lipinski definition) is 2. The van der Waals surface area contributed by atoms with Crippen LogP contribution in [-0.4, -0.2) is 28.1 Å². The lowest BCUT2D eigenvalue weighted by atomic mass is 10.0. The van der Waals surface area contributed by atoms with E-state index in [1.165, 1.54) is 4.88 Å². The van der Waals surface area contributed by atoms with Gasteiger partial charge in [0.2, 0.25) is 0 Å². The summed E-state index contributed by atoms with van der Waals surface area (Å²) in [6.07, 6.45) is 2.84. The summed E-state index contributed by atoms with van der Waals surface area (Å²) >= 11 is 11.1. The summed E-state index contributed by atoms with van der Waals surface area (Å²) < 4.78 is 1.13. The number of thiocarbonyl (C=S) groups is 1. The van der Waals surface area contributed by atoms with Crippen molar-refractivity contribution in [1.29, 1.82) is 0 Å². The van der Waals surface area contributed by atoms with E-state index in [4.69, 9.17) is 12.2 Å². The van der Waals surface area contributed by atoms with Crippen molar-refractivity contribution in [1.82, 2.24) is 15.2 Å². The van der Waals surface area contributed by atoms with Gasteiger partial charge in [0.1, 0.15) is 0 Å². The summed E-state index contributed by atoms with van der Waals surface area (Å²) in [4.78, 5) is 8.17. The van der Waals surface area contributed by atoms with Gasteiger partial charge in [0, 0.05) is 29.9 Å². The highest BCUT2D eigenvalue weighted by Gasteiger charge is 2.40. The van der Waals surface area contributed by atoms with Crippen LogP contribution in [0.2, 0.25) is 0 Å². The zero-order valence-electron chi connectivity index (χ0n) is 15.2. The third kappa shape index (κ3) is 4.37. The van der Waals surface area contributed by atoms with Crippen molar-refractivity contribution in [2.45, 2.75) is 18.5 Å². The van der Waals surface area contributed by atoms with Gasteiger partial charge in [-0.3, -0.25) is 4.98 Å². The molecule has 1 aliphatic heterocycles. The summed E-state index contributed by atoms with van der Waals surface area (Å²) in [5.41, 5.74) is 2.17. The number of rotatable bonds is 7. The minimum absolute atomic E-state index is 0.0568. The Morgan fingerprint density at radius 3 is 2.64 bits per heavy atom. The standard InChI is InChI=1S/C21H21BrN4S2/c22-18-11-10-17(28-18)20-19(16-9-4-5-12-24-16)25-21(27)26(20)14-6-13-23-15-7-2-1-3-8-15/h1-5,7-12,19-20,23H,6,13-14H2,(H,25,27)/t19-,20+/m0/s1. The number of pyridine rings is 1. The smallest absolute Gasteiger partial charge is 0.170 e. The van der Waals surface area contributed by atoms with Crippen LogP contribution in [0.3, 0.4) is 0 Å². The largest absolute Gasteiger partial charge is 0.385 e. The molecule has 144 valence electrons. The van der Waals surface area contributed by atoms with Gasteiger partial charge in [0.25, 0.3) is 0 Å². The molecule has 1 aliphatic rings. The molecule has 2 atom stereocenters. The van der Waals surface area contributed by atoms with Crippen LogP contribution in [-0.2, 0) is 0 Å². The molecule has 0 unspecified atom stereocenters. The Labute approximate surface area is 183 Å². The van der Waals surface area contributed by atoms with Gasteiger partial charge >= 0.3 is 0 Å². The predicted molar refractivity (Wildman–Crippen MR) is 124 cm³/mol. The average molecular weight is 473 g/mol. The molecule has 0 amide bonds. The zero-order chi connectivity index (χ0) is 19.3. The first-order valence-corrected chi connectivity index (χ1v) is 11.3. The van der Waals surface area contributed by atoms with E-state index in [1.54, 1.807) is 11.3 Å². The van der Waals surface area contributed by atoms with E-state index < -0.39 is 0 Å². The lowest BCUT2D eigenvalue weighted by molar-refractivity contribution is 0.320. The Morgan fingerprint density at radius 1 is 1.11 bits per heavy atom. The molecule has 2 aromatic heterocycles. The Hall–Kier alpha value is -1.96. The summed E-state index contributed by atoms with van der Waals surface area (Å²) in [6, 6.07) is 20.8. The normalized spacial score (nSPS) is 18.9.